The monoisotopic (exact) mass is 585 g/mol. The van der Waals surface area contributed by atoms with E-state index in [0.717, 1.165) is 0 Å². The Kier molecular flexibility index (Phi) is 11.1. The summed E-state index contributed by atoms with van der Waals surface area (Å²) in [6, 6.07) is 12.3. The van der Waals surface area contributed by atoms with Gasteiger partial charge in [0.05, 0.1) is 6.42 Å². The number of aliphatic carboxylic acids is 2. The summed E-state index contributed by atoms with van der Waals surface area (Å²) in [5.74, 6) is -5.44. The molecule has 0 saturated heterocycles. The third-order valence-electron chi connectivity index (χ3n) is 6.88. The van der Waals surface area contributed by atoms with Gasteiger partial charge in [0.1, 0.15) is 35.7 Å². The van der Waals surface area contributed by atoms with E-state index in [0.29, 0.717) is 30.0 Å². The molecule has 0 spiro atoms. The number of ketones is 1. The Labute approximate surface area is 240 Å². The number of ether oxygens (including phenoxy) is 1. The minimum absolute atomic E-state index is 0.0282. The summed E-state index contributed by atoms with van der Waals surface area (Å²) < 4.78 is 18.8. The molecular formula is C29H32FN3O9. The highest BCUT2D eigenvalue weighted by molar-refractivity contribution is 6.08. The predicted octanol–water partition coefficient (Wildman–Crippen LogP) is 2.83. The summed E-state index contributed by atoms with van der Waals surface area (Å²) in [6.07, 6.45) is -0.694. The number of halogens is 1. The first-order chi connectivity index (χ1) is 20.0. The number of nitrogens with one attached hydrogen (secondary N) is 3. The Hall–Kier alpha value is -4.81. The molecule has 1 aliphatic rings. The Balaban J connectivity index is 1.78. The van der Waals surface area contributed by atoms with Gasteiger partial charge in [-0.1, -0.05) is 37.1 Å². The van der Waals surface area contributed by atoms with Crippen LogP contribution in [-0.4, -0.2) is 64.4 Å². The van der Waals surface area contributed by atoms with Crippen molar-refractivity contribution < 1.29 is 48.1 Å². The highest BCUT2D eigenvalue weighted by Crippen LogP contribution is 2.39. The summed E-state index contributed by atoms with van der Waals surface area (Å²) >= 11 is 0. The summed E-state index contributed by atoms with van der Waals surface area (Å²) in [7, 11) is 0. The topological polar surface area (TPSA) is 188 Å². The zero-order chi connectivity index (χ0) is 30.7. The molecule has 0 radical (unpaired) electrons. The minimum atomic E-state index is -1.77. The smallest absolute Gasteiger partial charge is 0.305 e. The SMILES string of the molecule is O=C(O)CCC(NC(=O)C1(C(=O)NC(CC(=O)O)C(=O)CF)CCCC1)C(=O)Nc1cccc(Oc2ccccc2)c1. The Morgan fingerprint density at radius 3 is 2.05 bits per heavy atom. The first-order valence-corrected chi connectivity index (χ1v) is 13.3. The van der Waals surface area contributed by atoms with Crippen LogP contribution in [0.15, 0.2) is 54.6 Å². The molecule has 1 saturated carbocycles. The molecule has 0 aromatic heterocycles. The van der Waals surface area contributed by atoms with Gasteiger partial charge in [0.15, 0.2) is 5.78 Å². The molecule has 13 heteroatoms. The van der Waals surface area contributed by atoms with Crippen LogP contribution in [0.25, 0.3) is 0 Å². The number of rotatable bonds is 15. The molecule has 0 bridgehead atoms. The van der Waals surface area contributed by atoms with Gasteiger partial charge in [0.25, 0.3) is 0 Å². The van der Waals surface area contributed by atoms with Crippen molar-refractivity contribution in [3.05, 3.63) is 54.6 Å². The molecule has 1 fully saturated rings. The normalized spacial score (nSPS) is 15.1. The summed E-state index contributed by atoms with van der Waals surface area (Å²) in [5.41, 5.74) is -1.46. The number of benzene rings is 2. The molecule has 5 N–H and O–H groups in total. The van der Waals surface area contributed by atoms with Gasteiger partial charge in [0.2, 0.25) is 17.7 Å². The van der Waals surface area contributed by atoms with E-state index in [4.69, 9.17) is 9.84 Å². The van der Waals surface area contributed by atoms with Crippen molar-refractivity contribution in [2.45, 2.75) is 57.0 Å². The van der Waals surface area contributed by atoms with Crippen molar-refractivity contribution in [2.24, 2.45) is 5.41 Å². The van der Waals surface area contributed by atoms with Crippen LogP contribution in [0.4, 0.5) is 10.1 Å². The zero-order valence-corrected chi connectivity index (χ0v) is 22.6. The average Bonchev–Trinajstić information content (AvgIpc) is 3.46. The zero-order valence-electron chi connectivity index (χ0n) is 22.6. The fourth-order valence-corrected chi connectivity index (χ4v) is 4.67. The molecule has 2 atom stereocenters. The van der Waals surface area contributed by atoms with E-state index in [1.807, 2.05) is 6.07 Å². The lowest BCUT2D eigenvalue weighted by Crippen LogP contribution is -2.57. The standard InChI is InChI=1S/C29H32FN3O9/c30-17-23(34)22(16-25(37)38)33-28(41)29(13-4-5-14-29)27(40)32-21(11-12-24(35)36)26(39)31-18-7-6-10-20(15-18)42-19-8-2-1-3-9-19/h1-3,6-10,15,21-22H,4-5,11-14,16-17H2,(H,31,39)(H,32,40)(H,33,41)(H,35,36)(H,37,38). The van der Waals surface area contributed by atoms with Crippen LogP contribution in [0.2, 0.25) is 0 Å². The highest BCUT2D eigenvalue weighted by atomic mass is 19.1. The van der Waals surface area contributed by atoms with Gasteiger partial charge in [0, 0.05) is 18.2 Å². The maximum absolute atomic E-state index is 13.5. The molecule has 12 nitrogen and oxygen atoms in total. The molecule has 2 aromatic carbocycles. The molecule has 2 unspecified atom stereocenters. The average molecular weight is 586 g/mol. The second kappa shape index (κ2) is 14.7. The Morgan fingerprint density at radius 1 is 0.833 bits per heavy atom. The van der Waals surface area contributed by atoms with Crippen molar-refractivity contribution in [3.63, 3.8) is 0 Å². The largest absolute Gasteiger partial charge is 0.481 e. The second-order valence-electron chi connectivity index (χ2n) is 9.90. The number of para-hydroxylation sites is 1. The van der Waals surface area contributed by atoms with Gasteiger partial charge >= 0.3 is 11.9 Å². The van der Waals surface area contributed by atoms with E-state index in [2.05, 4.69) is 16.0 Å². The van der Waals surface area contributed by atoms with Crippen LogP contribution >= 0.6 is 0 Å². The van der Waals surface area contributed by atoms with Crippen LogP contribution in [0.1, 0.15) is 44.9 Å². The number of Topliss-reactive ketones (excluding diaryl/α,β-unsaturated/α-hetero) is 1. The maximum atomic E-state index is 13.5. The Morgan fingerprint density at radius 2 is 1.45 bits per heavy atom. The molecule has 42 heavy (non-hydrogen) atoms. The predicted molar refractivity (Wildman–Crippen MR) is 146 cm³/mol. The van der Waals surface area contributed by atoms with E-state index in [-0.39, 0.29) is 19.3 Å². The van der Waals surface area contributed by atoms with Gasteiger partial charge < -0.3 is 30.9 Å². The van der Waals surface area contributed by atoms with Crippen molar-refractivity contribution in [1.82, 2.24) is 10.6 Å². The number of hydrogen-bond donors (Lipinski definition) is 5. The van der Waals surface area contributed by atoms with Gasteiger partial charge in [-0.25, -0.2) is 4.39 Å². The number of alkyl halides is 1. The first-order valence-electron chi connectivity index (χ1n) is 13.3. The van der Waals surface area contributed by atoms with Crippen LogP contribution in [0.3, 0.4) is 0 Å². The molecule has 2 aromatic rings. The van der Waals surface area contributed by atoms with Gasteiger partial charge in [-0.3, -0.25) is 28.8 Å². The molecule has 1 aliphatic carbocycles. The van der Waals surface area contributed by atoms with Crippen molar-refractivity contribution in [1.29, 1.82) is 0 Å². The molecular weight excluding hydrogens is 553 g/mol. The molecule has 3 rings (SSSR count). The van der Waals surface area contributed by atoms with E-state index >= 15 is 0 Å². The molecule has 224 valence electrons. The van der Waals surface area contributed by atoms with Gasteiger partial charge in [-0.05, 0) is 43.5 Å². The number of carboxylic acids is 2. The number of amides is 3. The van der Waals surface area contributed by atoms with Crippen LogP contribution < -0.4 is 20.7 Å². The van der Waals surface area contributed by atoms with Crippen molar-refractivity contribution in [2.75, 3.05) is 12.0 Å². The third kappa shape index (κ3) is 8.59. The maximum Gasteiger partial charge on any atom is 0.305 e. The summed E-state index contributed by atoms with van der Waals surface area (Å²) in [5, 5.41) is 25.6. The van der Waals surface area contributed by atoms with Crippen LogP contribution in [-0.2, 0) is 28.8 Å². The highest BCUT2D eigenvalue weighted by Gasteiger charge is 2.49. The number of carboxylic acid groups (broad SMARTS) is 2. The molecule has 0 heterocycles. The third-order valence-corrected chi connectivity index (χ3v) is 6.88. The second-order valence-corrected chi connectivity index (χ2v) is 9.90. The summed E-state index contributed by atoms with van der Waals surface area (Å²) in [4.78, 5) is 74.4. The van der Waals surface area contributed by atoms with E-state index in [1.54, 1.807) is 42.5 Å². The fourth-order valence-electron chi connectivity index (χ4n) is 4.67. The van der Waals surface area contributed by atoms with Gasteiger partial charge in [-0.2, -0.15) is 0 Å². The Bertz CT molecular complexity index is 1310. The lowest BCUT2D eigenvalue weighted by atomic mass is 9.83. The lowest BCUT2D eigenvalue weighted by molar-refractivity contribution is -0.147. The van der Waals surface area contributed by atoms with Crippen LogP contribution in [0.5, 0.6) is 11.5 Å². The van der Waals surface area contributed by atoms with E-state index < -0.39 is 72.5 Å². The minimum Gasteiger partial charge on any atom is -0.481 e. The molecule has 0 aliphatic heterocycles. The number of carbonyl (C=O) groups excluding carboxylic acids is 4. The van der Waals surface area contributed by atoms with Gasteiger partial charge in [-0.15, -0.1) is 0 Å². The quantitative estimate of drug-likeness (QED) is 0.196. The number of carbonyl (C=O) groups is 6. The first kappa shape index (κ1) is 31.7. The lowest BCUT2D eigenvalue weighted by Gasteiger charge is -2.30. The summed E-state index contributed by atoms with van der Waals surface area (Å²) in [6.45, 7) is -1.51. The van der Waals surface area contributed by atoms with E-state index in [1.165, 1.54) is 6.07 Å². The van der Waals surface area contributed by atoms with Crippen LogP contribution in [0, 0.1) is 5.41 Å². The number of anilines is 1. The van der Waals surface area contributed by atoms with Crippen molar-refractivity contribution >= 4 is 41.1 Å². The van der Waals surface area contributed by atoms with E-state index in [9.17, 15) is 38.3 Å². The fraction of sp³-hybridized carbons (Fsp3) is 0.379. The number of hydrogen-bond acceptors (Lipinski definition) is 7. The molecule has 3 amide bonds. The van der Waals surface area contributed by atoms with Crippen molar-refractivity contribution in [3.8, 4) is 11.5 Å².